The molecular formula is C14H18N2O3S. The third-order valence-electron chi connectivity index (χ3n) is 3.21. The van der Waals surface area contributed by atoms with E-state index in [2.05, 4.69) is 5.32 Å². The van der Waals surface area contributed by atoms with Gasteiger partial charge in [0.05, 0.1) is 0 Å². The van der Waals surface area contributed by atoms with Crippen LogP contribution in [0.1, 0.15) is 5.56 Å². The highest BCUT2D eigenvalue weighted by Crippen LogP contribution is 2.16. The van der Waals surface area contributed by atoms with Gasteiger partial charge in [-0.1, -0.05) is 30.3 Å². The van der Waals surface area contributed by atoms with Crippen molar-refractivity contribution in [3.05, 3.63) is 35.9 Å². The van der Waals surface area contributed by atoms with Gasteiger partial charge in [-0.05, 0) is 12.0 Å². The van der Waals surface area contributed by atoms with Gasteiger partial charge in [0, 0.05) is 24.6 Å². The van der Waals surface area contributed by atoms with E-state index in [0.717, 1.165) is 17.7 Å². The van der Waals surface area contributed by atoms with Gasteiger partial charge in [-0.3, -0.25) is 0 Å². The van der Waals surface area contributed by atoms with Crippen LogP contribution in [0.4, 0.5) is 4.79 Å². The number of hydrogen-bond donors (Lipinski definition) is 2. The number of nitrogens with one attached hydrogen (secondary N) is 1. The van der Waals surface area contributed by atoms with Crippen molar-refractivity contribution >= 4 is 23.8 Å². The smallest absolute Gasteiger partial charge is 0.327 e. The van der Waals surface area contributed by atoms with Gasteiger partial charge in [-0.15, -0.1) is 0 Å². The van der Waals surface area contributed by atoms with Crippen molar-refractivity contribution in [3.8, 4) is 0 Å². The molecule has 0 radical (unpaired) electrons. The third-order valence-corrected chi connectivity index (χ3v) is 4.23. The minimum atomic E-state index is -0.935. The Morgan fingerprint density at radius 2 is 2.10 bits per heavy atom. The molecule has 108 valence electrons. The molecule has 20 heavy (non-hydrogen) atoms. The van der Waals surface area contributed by atoms with E-state index in [9.17, 15) is 9.59 Å². The zero-order valence-corrected chi connectivity index (χ0v) is 11.9. The van der Waals surface area contributed by atoms with Crippen molar-refractivity contribution in [1.82, 2.24) is 10.2 Å². The molecule has 1 aromatic carbocycles. The maximum absolute atomic E-state index is 12.0. The van der Waals surface area contributed by atoms with Gasteiger partial charge in [0.2, 0.25) is 0 Å². The van der Waals surface area contributed by atoms with Crippen molar-refractivity contribution in [2.75, 3.05) is 24.6 Å². The van der Waals surface area contributed by atoms with Crippen molar-refractivity contribution < 1.29 is 14.7 Å². The molecule has 2 rings (SSSR count). The summed E-state index contributed by atoms with van der Waals surface area (Å²) in [5.74, 6) is 0.313. The molecule has 1 atom stereocenters. The van der Waals surface area contributed by atoms with Crippen molar-refractivity contribution in [2.45, 2.75) is 12.5 Å². The molecule has 0 bridgehead atoms. The lowest BCUT2D eigenvalue weighted by Gasteiger charge is -2.32. The van der Waals surface area contributed by atoms with Gasteiger partial charge in [0.15, 0.2) is 0 Å². The standard InChI is InChI=1S/C14H18N2O3S/c17-13(18)12-10-20-9-8-16(12)14(19)15-7-6-11-4-2-1-3-5-11/h1-5,12H,6-10H2,(H,15,19)(H,17,18). The Morgan fingerprint density at radius 3 is 2.80 bits per heavy atom. The molecule has 0 aromatic heterocycles. The van der Waals surface area contributed by atoms with Gasteiger partial charge in [-0.25, -0.2) is 9.59 Å². The molecule has 1 heterocycles. The molecule has 0 spiro atoms. The summed E-state index contributed by atoms with van der Waals surface area (Å²) in [6.07, 6.45) is 0.743. The fraction of sp³-hybridized carbons (Fsp3) is 0.429. The van der Waals surface area contributed by atoms with Crippen LogP contribution in [0.15, 0.2) is 30.3 Å². The second-order valence-electron chi connectivity index (χ2n) is 4.59. The predicted molar refractivity (Wildman–Crippen MR) is 79.0 cm³/mol. The maximum atomic E-state index is 12.0. The summed E-state index contributed by atoms with van der Waals surface area (Å²) in [6, 6.07) is 8.87. The molecule has 0 saturated carbocycles. The molecule has 0 aliphatic carbocycles. The van der Waals surface area contributed by atoms with Crippen LogP contribution in [0.5, 0.6) is 0 Å². The molecule has 1 fully saturated rings. The summed E-state index contributed by atoms with van der Waals surface area (Å²) in [5, 5.41) is 11.9. The number of benzene rings is 1. The average molecular weight is 294 g/mol. The highest BCUT2D eigenvalue weighted by atomic mass is 32.2. The quantitative estimate of drug-likeness (QED) is 0.881. The van der Waals surface area contributed by atoms with Crippen LogP contribution in [0.2, 0.25) is 0 Å². The first-order chi connectivity index (χ1) is 9.68. The van der Waals surface area contributed by atoms with Crippen LogP contribution in [-0.2, 0) is 11.2 Å². The summed E-state index contributed by atoms with van der Waals surface area (Å²) in [7, 11) is 0. The van der Waals surface area contributed by atoms with E-state index in [1.165, 1.54) is 4.90 Å². The highest BCUT2D eigenvalue weighted by molar-refractivity contribution is 7.99. The van der Waals surface area contributed by atoms with E-state index in [1.807, 2.05) is 30.3 Å². The Balaban J connectivity index is 1.83. The molecule has 5 nitrogen and oxygen atoms in total. The summed E-state index contributed by atoms with van der Waals surface area (Å²) < 4.78 is 0. The molecule has 6 heteroatoms. The predicted octanol–water partition coefficient (Wildman–Crippen LogP) is 1.44. The monoisotopic (exact) mass is 294 g/mol. The second-order valence-corrected chi connectivity index (χ2v) is 5.74. The van der Waals surface area contributed by atoms with Crippen LogP contribution in [0.25, 0.3) is 0 Å². The number of amides is 2. The number of urea groups is 1. The molecule has 1 unspecified atom stereocenters. The van der Waals surface area contributed by atoms with Crippen molar-refractivity contribution in [3.63, 3.8) is 0 Å². The highest BCUT2D eigenvalue weighted by Gasteiger charge is 2.32. The first kappa shape index (κ1) is 14.7. The second kappa shape index (κ2) is 7.19. The maximum Gasteiger partial charge on any atom is 0.327 e. The van der Waals surface area contributed by atoms with Crippen LogP contribution in [0, 0.1) is 0 Å². The Bertz CT molecular complexity index is 467. The lowest BCUT2D eigenvalue weighted by Crippen LogP contribution is -2.54. The summed E-state index contributed by atoms with van der Waals surface area (Å²) in [4.78, 5) is 24.6. The van der Waals surface area contributed by atoms with Crippen LogP contribution in [-0.4, -0.2) is 52.6 Å². The van der Waals surface area contributed by atoms with Gasteiger partial charge in [0.1, 0.15) is 6.04 Å². The van der Waals surface area contributed by atoms with E-state index in [0.29, 0.717) is 18.8 Å². The minimum Gasteiger partial charge on any atom is -0.480 e. The molecule has 1 aliphatic rings. The summed E-state index contributed by atoms with van der Waals surface area (Å²) in [5.41, 5.74) is 1.15. The van der Waals surface area contributed by atoms with E-state index in [-0.39, 0.29) is 6.03 Å². The van der Waals surface area contributed by atoms with Crippen LogP contribution < -0.4 is 5.32 Å². The molecule has 2 amide bonds. The first-order valence-electron chi connectivity index (χ1n) is 6.57. The zero-order valence-electron chi connectivity index (χ0n) is 11.1. The number of thioether (sulfide) groups is 1. The van der Waals surface area contributed by atoms with Crippen LogP contribution in [0.3, 0.4) is 0 Å². The Hall–Kier alpha value is -1.69. The van der Waals surface area contributed by atoms with Gasteiger partial charge < -0.3 is 15.3 Å². The molecule has 2 N–H and O–H groups in total. The largest absolute Gasteiger partial charge is 0.480 e. The van der Waals surface area contributed by atoms with Gasteiger partial charge in [-0.2, -0.15) is 11.8 Å². The number of carboxylic acids is 1. The number of hydrogen-bond acceptors (Lipinski definition) is 3. The third kappa shape index (κ3) is 3.90. The fourth-order valence-corrected chi connectivity index (χ4v) is 3.15. The summed E-state index contributed by atoms with van der Waals surface area (Å²) in [6.45, 7) is 0.998. The molecule has 1 aromatic rings. The van der Waals surface area contributed by atoms with Gasteiger partial charge in [0.25, 0.3) is 0 Å². The van der Waals surface area contributed by atoms with Crippen LogP contribution >= 0.6 is 11.8 Å². The van der Waals surface area contributed by atoms with Crippen molar-refractivity contribution in [2.24, 2.45) is 0 Å². The lowest BCUT2D eigenvalue weighted by atomic mass is 10.1. The Labute approximate surface area is 122 Å². The first-order valence-corrected chi connectivity index (χ1v) is 7.73. The normalized spacial score (nSPS) is 18.6. The zero-order chi connectivity index (χ0) is 14.4. The number of nitrogens with zero attached hydrogens (tertiary/aromatic N) is 1. The average Bonchev–Trinajstić information content (AvgIpc) is 2.48. The fourth-order valence-electron chi connectivity index (χ4n) is 2.11. The molecule has 1 saturated heterocycles. The number of rotatable bonds is 4. The number of carbonyl (C=O) groups is 2. The topological polar surface area (TPSA) is 69.6 Å². The van der Waals surface area contributed by atoms with E-state index in [4.69, 9.17) is 5.11 Å². The summed E-state index contributed by atoms with van der Waals surface area (Å²) >= 11 is 1.57. The van der Waals surface area contributed by atoms with E-state index in [1.54, 1.807) is 11.8 Å². The molecule has 1 aliphatic heterocycles. The van der Waals surface area contributed by atoms with E-state index >= 15 is 0 Å². The number of carbonyl (C=O) groups excluding carboxylic acids is 1. The Morgan fingerprint density at radius 1 is 1.35 bits per heavy atom. The minimum absolute atomic E-state index is 0.284. The SMILES string of the molecule is O=C(O)C1CSCCN1C(=O)NCCc1ccccc1. The van der Waals surface area contributed by atoms with Crippen molar-refractivity contribution in [1.29, 1.82) is 0 Å². The number of carboxylic acid groups (broad SMARTS) is 1. The Kier molecular flexibility index (Phi) is 5.29. The lowest BCUT2D eigenvalue weighted by molar-refractivity contribution is -0.141. The number of aliphatic carboxylic acids is 1. The van der Waals surface area contributed by atoms with E-state index < -0.39 is 12.0 Å². The van der Waals surface area contributed by atoms with Gasteiger partial charge >= 0.3 is 12.0 Å². The molecular weight excluding hydrogens is 276 g/mol.